The topological polar surface area (TPSA) is 59.4 Å². The van der Waals surface area contributed by atoms with Crippen molar-refractivity contribution in [2.24, 2.45) is 5.92 Å². The van der Waals surface area contributed by atoms with Crippen LogP contribution in [-0.2, 0) is 0 Å². The van der Waals surface area contributed by atoms with Crippen LogP contribution in [0.25, 0.3) is 0 Å². The normalized spacial score (nSPS) is 24.3. The van der Waals surface area contributed by atoms with Crippen molar-refractivity contribution in [2.75, 3.05) is 0 Å². The molecule has 0 aliphatic heterocycles. The number of pyridine rings is 1. The van der Waals surface area contributed by atoms with Crippen molar-refractivity contribution in [3.8, 4) is 5.75 Å². The summed E-state index contributed by atoms with van der Waals surface area (Å²) in [5.41, 5.74) is 0.00567. The third-order valence-electron chi connectivity index (χ3n) is 3.23. The second-order valence-electron chi connectivity index (χ2n) is 4.66. The molecule has 0 saturated heterocycles. The van der Waals surface area contributed by atoms with Gasteiger partial charge < -0.3 is 9.84 Å². The molecular weight excluding hydrogens is 218 g/mol. The summed E-state index contributed by atoms with van der Waals surface area (Å²) in [5, 5.41) is 8.99. The van der Waals surface area contributed by atoms with Gasteiger partial charge in [0.1, 0.15) is 0 Å². The second-order valence-corrected chi connectivity index (χ2v) is 4.66. The molecule has 4 heteroatoms. The Labute approximate surface area is 101 Å². The van der Waals surface area contributed by atoms with Crippen molar-refractivity contribution >= 4 is 5.97 Å². The first-order chi connectivity index (χ1) is 8.16. The van der Waals surface area contributed by atoms with Crippen LogP contribution in [0.15, 0.2) is 18.3 Å². The number of carboxylic acids is 1. The lowest BCUT2D eigenvalue weighted by Gasteiger charge is -2.27. The Balaban J connectivity index is 2.05. The average molecular weight is 235 g/mol. The predicted octanol–water partition coefficient (Wildman–Crippen LogP) is 2.74. The molecule has 0 radical (unpaired) electrons. The Hall–Kier alpha value is -1.58. The fraction of sp³-hybridized carbons (Fsp3) is 0.538. The number of nitrogens with zero attached hydrogens (tertiary/aromatic N) is 1. The van der Waals surface area contributed by atoms with Crippen LogP contribution < -0.4 is 4.74 Å². The zero-order valence-corrected chi connectivity index (χ0v) is 9.93. The molecule has 1 aromatic heterocycles. The van der Waals surface area contributed by atoms with Gasteiger partial charge in [-0.25, -0.2) is 9.78 Å². The number of hydrogen-bond acceptors (Lipinski definition) is 3. The summed E-state index contributed by atoms with van der Waals surface area (Å²) < 4.78 is 5.75. The first kappa shape index (κ1) is 11.9. The fourth-order valence-electron chi connectivity index (χ4n) is 2.17. The van der Waals surface area contributed by atoms with E-state index in [9.17, 15) is 4.79 Å². The Morgan fingerprint density at radius 2 is 2.12 bits per heavy atom. The van der Waals surface area contributed by atoms with Gasteiger partial charge in [0.05, 0.1) is 6.10 Å². The molecule has 0 spiro atoms. The number of rotatable bonds is 3. The minimum atomic E-state index is -1.04. The molecule has 0 atom stereocenters. The number of carbonyl (C=O) groups is 1. The molecule has 1 aromatic rings. The number of hydrogen-bond donors (Lipinski definition) is 1. The molecule has 0 amide bonds. The van der Waals surface area contributed by atoms with E-state index in [4.69, 9.17) is 9.84 Å². The molecular formula is C13H17NO3. The van der Waals surface area contributed by atoms with Crippen LogP contribution in [0.5, 0.6) is 5.75 Å². The smallest absolute Gasteiger partial charge is 0.358 e. The SMILES string of the molecule is CC1CCC(Oc2cccnc2C(=O)O)CC1. The number of aromatic carboxylic acids is 1. The Bertz CT molecular complexity index is 397. The van der Waals surface area contributed by atoms with Gasteiger partial charge in [-0.15, -0.1) is 0 Å². The fourth-order valence-corrected chi connectivity index (χ4v) is 2.17. The Morgan fingerprint density at radius 3 is 2.76 bits per heavy atom. The quantitative estimate of drug-likeness (QED) is 0.875. The zero-order valence-electron chi connectivity index (χ0n) is 9.93. The summed E-state index contributed by atoms with van der Waals surface area (Å²) in [4.78, 5) is 14.8. The van der Waals surface area contributed by atoms with Crippen molar-refractivity contribution in [3.05, 3.63) is 24.0 Å². The van der Waals surface area contributed by atoms with Gasteiger partial charge in [0.25, 0.3) is 0 Å². The number of aromatic nitrogens is 1. The summed E-state index contributed by atoms with van der Waals surface area (Å²) in [7, 11) is 0. The lowest BCUT2D eigenvalue weighted by atomic mass is 9.89. The van der Waals surface area contributed by atoms with Crippen molar-refractivity contribution in [1.82, 2.24) is 4.98 Å². The molecule has 1 N–H and O–H groups in total. The third-order valence-corrected chi connectivity index (χ3v) is 3.23. The summed E-state index contributed by atoms with van der Waals surface area (Å²) in [6, 6.07) is 3.38. The van der Waals surface area contributed by atoms with Gasteiger partial charge in [-0.05, 0) is 43.7 Å². The van der Waals surface area contributed by atoms with E-state index in [-0.39, 0.29) is 11.8 Å². The van der Waals surface area contributed by atoms with Gasteiger partial charge in [0, 0.05) is 6.20 Å². The highest BCUT2D eigenvalue weighted by Crippen LogP contribution is 2.28. The van der Waals surface area contributed by atoms with Crippen LogP contribution in [0, 0.1) is 5.92 Å². The van der Waals surface area contributed by atoms with Gasteiger partial charge >= 0.3 is 5.97 Å². The number of ether oxygens (including phenoxy) is 1. The Kier molecular flexibility index (Phi) is 3.61. The maximum absolute atomic E-state index is 11.0. The maximum Gasteiger partial charge on any atom is 0.358 e. The molecule has 0 bridgehead atoms. The maximum atomic E-state index is 11.0. The van der Waals surface area contributed by atoms with Crippen molar-refractivity contribution < 1.29 is 14.6 Å². The van der Waals surface area contributed by atoms with Gasteiger partial charge in [0.15, 0.2) is 11.4 Å². The molecule has 0 unspecified atom stereocenters. The highest BCUT2D eigenvalue weighted by molar-refractivity contribution is 5.88. The summed E-state index contributed by atoms with van der Waals surface area (Å²) >= 11 is 0. The van der Waals surface area contributed by atoms with Crippen LogP contribution in [0.3, 0.4) is 0 Å². The standard InChI is InChI=1S/C13H17NO3/c1-9-4-6-10(7-5-9)17-11-3-2-8-14-12(11)13(15)16/h2-3,8-10H,4-7H2,1H3,(H,15,16). The van der Waals surface area contributed by atoms with E-state index in [1.807, 2.05) is 0 Å². The molecule has 1 saturated carbocycles. The molecule has 0 aromatic carbocycles. The summed E-state index contributed by atoms with van der Waals surface area (Å²) in [5.74, 6) is 0.104. The van der Waals surface area contributed by atoms with Crippen molar-refractivity contribution in [1.29, 1.82) is 0 Å². The van der Waals surface area contributed by atoms with Crippen LogP contribution >= 0.6 is 0 Å². The minimum Gasteiger partial charge on any atom is -0.488 e. The summed E-state index contributed by atoms with van der Waals surface area (Å²) in [6.45, 7) is 2.24. The third kappa shape index (κ3) is 2.96. The Morgan fingerprint density at radius 1 is 1.41 bits per heavy atom. The average Bonchev–Trinajstić information content (AvgIpc) is 2.32. The minimum absolute atomic E-state index is 0.00567. The highest BCUT2D eigenvalue weighted by Gasteiger charge is 2.22. The molecule has 1 aliphatic rings. The van der Waals surface area contributed by atoms with E-state index >= 15 is 0 Å². The van der Waals surface area contributed by atoms with E-state index in [1.54, 1.807) is 12.1 Å². The summed E-state index contributed by atoms with van der Waals surface area (Å²) in [6.07, 6.45) is 5.89. The zero-order chi connectivity index (χ0) is 12.3. The molecule has 92 valence electrons. The first-order valence-electron chi connectivity index (χ1n) is 6.02. The molecule has 1 aliphatic carbocycles. The van der Waals surface area contributed by atoms with E-state index in [0.29, 0.717) is 5.75 Å². The van der Waals surface area contributed by atoms with E-state index < -0.39 is 5.97 Å². The van der Waals surface area contributed by atoms with E-state index in [0.717, 1.165) is 31.6 Å². The van der Waals surface area contributed by atoms with E-state index in [1.165, 1.54) is 6.20 Å². The highest BCUT2D eigenvalue weighted by atomic mass is 16.5. The molecule has 4 nitrogen and oxygen atoms in total. The molecule has 2 rings (SSSR count). The van der Waals surface area contributed by atoms with E-state index in [2.05, 4.69) is 11.9 Å². The monoisotopic (exact) mass is 235 g/mol. The van der Waals surface area contributed by atoms with Gasteiger partial charge in [-0.3, -0.25) is 0 Å². The van der Waals surface area contributed by atoms with Crippen molar-refractivity contribution in [2.45, 2.75) is 38.7 Å². The molecule has 1 fully saturated rings. The van der Waals surface area contributed by atoms with Gasteiger partial charge in [-0.2, -0.15) is 0 Å². The van der Waals surface area contributed by atoms with Crippen LogP contribution in [0.4, 0.5) is 0 Å². The van der Waals surface area contributed by atoms with Crippen LogP contribution in [-0.4, -0.2) is 22.2 Å². The largest absolute Gasteiger partial charge is 0.488 e. The van der Waals surface area contributed by atoms with Gasteiger partial charge in [0.2, 0.25) is 0 Å². The molecule has 1 heterocycles. The van der Waals surface area contributed by atoms with Crippen LogP contribution in [0.1, 0.15) is 43.1 Å². The second kappa shape index (κ2) is 5.17. The lowest BCUT2D eigenvalue weighted by Crippen LogP contribution is -2.24. The van der Waals surface area contributed by atoms with Gasteiger partial charge in [-0.1, -0.05) is 6.92 Å². The predicted molar refractivity (Wildman–Crippen MR) is 63.2 cm³/mol. The number of carboxylic acid groups (broad SMARTS) is 1. The molecule has 17 heavy (non-hydrogen) atoms. The van der Waals surface area contributed by atoms with Crippen molar-refractivity contribution in [3.63, 3.8) is 0 Å². The first-order valence-corrected chi connectivity index (χ1v) is 6.02. The van der Waals surface area contributed by atoms with Crippen LogP contribution in [0.2, 0.25) is 0 Å². The lowest BCUT2D eigenvalue weighted by molar-refractivity contribution is 0.0676.